The lowest BCUT2D eigenvalue weighted by Crippen LogP contribution is -2.28. The normalized spacial score (nSPS) is 17.9. The van der Waals surface area contributed by atoms with Crippen molar-refractivity contribution < 1.29 is 9.59 Å². The molecule has 0 saturated carbocycles. The summed E-state index contributed by atoms with van der Waals surface area (Å²) < 4.78 is 0. The number of hydrogen-bond acceptors (Lipinski definition) is 5. The second kappa shape index (κ2) is 10.2. The van der Waals surface area contributed by atoms with Crippen molar-refractivity contribution in [3.63, 3.8) is 0 Å². The number of nitrogens with zero attached hydrogens (tertiary/aromatic N) is 2. The Bertz CT molecular complexity index is 993. The highest BCUT2D eigenvalue weighted by Crippen LogP contribution is 2.26. The average molecular weight is 447 g/mol. The quantitative estimate of drug-likeness (QED) is 0.501. The van der Waals surface area contributed by atoms with E-state index in [1.165, 1.54) is 6.21 Å². The first-order valence-electron chi connectivity index (χ1n) is 8.56. The second-order valence-corrected chi connectivity index (χ2v) is 7.92. The molecule has 1 fully saturated rings. The fourth-order valence-electron chi connectivity index (χ4n) is 2.38. The van der Waals surface area contributed by atoms with Crippen LogP contribution in [0.1, 0.15) is 12.0 Å². The van der Waals surface area contributed by atoms with E-state index >= 15 is 0 Å². The molecule has 1 aliphatic heterocycles. The first kappa shape index (κ1) is 21.1. The van der Waals surface area contributed by atoms with Crippen molar-refractivity contribution in [2.24, 2.45) is 10.2 Å². The summed E-state index contributed by atoms with van der Waals surface area (Å²) in [5, 5.41) is 13.7. The molecule has 0 aliphatic carbocycles. The van der Waals surface area contributed by atoms with Crippen LogP contribution in [0.4, 0.5) is 5.69 Å². The van der Waals surface area contributed by atoms with Gasteiger partial charge in [-0.1, -0.05) is 71.4 Å². The van der Waals surface area contributed by atoms with Gasteiger partial charge in [-0.15, -0.1) is 5.10 Å². The number of nitrogens with one attached hydrogen (secondary N) is 2. The molecule has 1 aliphatic rings. The topological polar surface area (TPSA) is 82.9 Å². The van der Waals surface area contributed by atoms with Crippen LogP contribution in [0.2, 0.25) is 10.0 Å². The van der Waals surface area contributed by atoms with E-state index in [0.29, 0.717) is 20.9 Å². The molecule has 2 N–H and O–H groups in total. The highest BCUT2D eigenvalue weighted by atomic mass is 35.5. The lowest BCUT2D eigenvalue weighted by atomic mass is 10.2. The largest absolute Gasteiger partial charge is 0.326 e. The number of benzene rings is 2. The van der Waals surface area contributed by atoms with Gasteiger partial charge in [0, 0.05) is 18.3 Å². The van der Waals surface area contributed by atoms with Gasteiger partial charge in [-0.2, -0.15) is 5.10 Å². The third-order valence-corrected chi connectivity index (χ3v) is 5.55. The predicted octanol–water partition coefficient (Wildman–Crippen LogP) is 4.61. The van der Waals surface area contributed by atoms with E-state index in [2.05, 4.69) is 20.8 Å². The monoisotopic (exact) mass is 446 g/mol. The van der Waals surface area contributed by atoms with E-state index < -0.39 is 5.25 Å². The third kappa shape index (κ3) is 6.45. The molecule has 0 aromatic heterocycles. The molecular formula is C20H16Cl2N4O2S. The van der Waals surface area contributed by atoms with Gasteiger partial charge < -0.3 is 10.6 Å². The number of anilines is 1. The molecule has 2 aromatic carbocycles. The molecule has 0 bridgehead atoms. The molecule has 6 nitrogen and oxygen atoms in total. The predicted molar refractivity (Wildman–Crippen MR) is 121 cm³/mol. The standard InChI is InChI=1S/C20H16Cl2N4O2S/c21-15-9-8-14(11-16(15)22)24-18(27)12-17-19(28)25-20(29-17)26-23-10-4-7-13-5-2-1-3-6-13/h1-11,17H,12H2,(H,24,27)(H,25,26,28)/b7-4+,23-10-/t17-/m0/s1. The van der Waals surface area contributed by atoms with Crippen molar-refractivity contribution in [3.8, 4) is 0 Å². The van der Waals surface area contributed by atoms with Crippen LogP contribution in [0.5, 0.6) is 0 Å². The van der Waals surface area contributed by atoms with Gasteiger partial charge in [0.05, 0.1) is 10.0 Å². The fraction of sp³-hybridized carbons (Fsp3) is 0.100. The minimum Gasteiger partial charge on any atom is -0.326 e. The third-order valence-electron chi connectivity index (χ3n) is 3.74. The van der Waals surface area contributed by atoms with Crippen LogP contribution in [-0.4, -0.2) is 28.4 Å². The van der Waals surface area contributed by atoms with Gasteiger partial charge in [-0.3, -0.25) is 9.59 Å². The number of carbonyl (C=O) groups is 2. The maximum atomic E-state index is 12.2. The summed E-state index contributed by atoms with van der Waals surface area (Å²) in [6, 6.07) is 14.5. The number of thioether (sulfide) groups is 1. The summed E-state index contributed by atoms with van der Waals surface area (Å²) in [6.07, 6.45) is 5.16. The molecule has 1 saturated heterocycles. The molecule has 9 heteroatoms. The molecule has 1 heterocycles. The van der Waals surface area contributed by atoms with Crippen LogP contribution >= 0.6 is 35.0 Å². The zero-order chi connectivity index (χ0) is 20.6. The summed E-state index contributed by atoms with van der Waals surface area (Å²) >= 11 is 12.9. The molecule has 0 unspecified atom stereocenters. The van der Waals surface area contributed by atoms with Crippen molar-refractivity contribution in [2.75, 3.05) is 5.32 Å². The van der Waals surface area contributed by atoms with E-state index in [1.807, 2.05) is 36.4 Å². The first-order chi connectivity index (χ1) is 14.0. The Morgan fingerprint density at radius 1 is 1.17 bits per heavy atom. The van der Waals surface area contributed by atoms with Crippen LogP contribution in [0.3, 0.4) is 0 Å². The SMILES string of the molecule is O=C(C[C@@H]1S/C(=N/N=C\C=C\c2ccccc2)NC1=O)Nc1ccc(Cl)c(Cl)c1. The van der Waals surface area contributed by atoms with Crippen LogP contribution in [0.25, 0.3) is 6.08 Å². The molecule has 2 amide bonds. The highest BCUT2D eigenvalue weighted by Gasteiger charge is 2.32. The van der Waals surface area contributed by atoms with Gasteiger partial charge >= 0.3 is 0 Å². The molecule has 1 atom stereocenters. The minimum atomic E-state index is -0.577. The number of halogens is 2. The Labute approximate surface area is 182 Å². The summed E-state index contributed by atoms with van der Waals surface area (Å²) in [4.78, 5) is 24.2. The van der Waals surface area contributed by atoms with E-state index in [0.717, 1.165) is 17.3 Å². The number of amides is 2. The molecular weight excluding hydrogens is 431 g/mol. The van der Waals surface area contributed by atoms with Crippen molar-refractivity contribution in [1.82, 2.24) is 5.32 Å². The molecule has 0 spiro atoms. The Morgan fingerprint density at radius 2 is 1.97 bits per heavy atom. The van der Waals surface area contributed by atoms with Crippen LogP contribution in [-0.2, 0) is 9.59 Å². The Kier molecular flexibility index (Phi) is 7.46. The average Bonchev–Trinajstić information content (AvgIpc) is 3.04. The summed E-state index contributed by atoms with van der Waals surface area (Å²) in [7, 11) is 0. The molecule has 0 radical (unpaired) electrons. The number of carbonyl (C=O) groups excluding carboxylic acids is 2. The van der Waals surface area contributed by atoms with Gasteiger partial charge in [0.2, 0.25) is 11.8 Å². The maximum absolute atomic E-state index is 12.2. The molecule has 2 aromatic rings. The Hall–Kier alpha value is -2.61. The zero-order valence-electron chi connectivity index (χ0n) is 15.0. The molecule has 148 valence electrons. The van der Waals surface area contributed by atoms with E-state index in [1.54, 1.807) is 24.3 Å². The van der Waals surface area contributed by atoms with Gasteiger partial charge in [-0.25, -0.2) is 0 Å². The molecule has 3 rings (SSSR count). The van der Waals surface area contributed by atoms with Crippen molar-refractivity contribution in [2.45, 2.75) is 11.7 Å². The Morgan fingerprint density at radius 3 is 2.72 bits per heavy atom. The van der Waals surface area contributed by atoms with E-state index in [-0.39, 0.29) is 18.2 Å². The minimum absolute atomic E-state index is 0.00656. The lowest BCUT2D eigenvalue weighted by Gasteiger charge is -2.08. The lowest BCUT2D eigenvalue weighted by molar-refractivity contribution is -0.122. The van der Waals surface area contributed by atoms with Gasteiger partial charge in [0.25, 0.3) is 0 Å². The zero-order valence-corrected chi connectivity index (χ0v) is 17.3. The summed E-state index contributed by atoms with van der Waals surface area (Å²) in [6.45, 7) is 0. The van der Waals surface area contributed by atoms with E-state index in [4.69, 9.17) is 23.2 Å². The second-order valence-electron chi connectivity index (χ2n) is 5.92. The van der Waals surface area contributed by atoms with Crippen molar-refractivity contribution in [3.05, 3.63) is 70.2 Å². The van der Waals surface area contributed by atoms with Crippen LogP contribution in [0, 0.1) is 0 Å². The first-order valence-corrected chi connectivity index (χ1v) is 10.2. The smallest absolute Gasteiger partial charge is 0.240 e. The Balaban J connectivity index is 1.50. The van der Waals surface area contributed by atoms with Crippen molar-refractivity contribution >= 4 is 69.9 Å². The van der Waals surface area contributed by atoms with Gasteiger partial charge in [-0.05, 0) is 29.8 Å². The van der Waals surface area contributed by atoms with Crippen LogP contribution < -0.4 is 10.6 Å². The number of rotatable bonds is 6. The highest BCUT2D eigenvalue weighted by molar-refractivity contribution is 8.15. The molecule has 29 heavy (non-hydrogen) atoms. The number of allylic oxidation sites excluding steroid dienone is 1. The fourth-order valence-corrected chi connectivity index (χ4v) is 3.61. The summed E-state index contributed by atoms with van der Waals surface area (Å²) in [5.41, 5.74) is 1.56. The summed E-state index contributed by atoms with van der Waals surface area (Å²) in [5.74, 6) is -0.598. The van der Waals surface area contributed by atoms with E-state index in [9.17, 15) is 9.59 Å². The number of hydrogen-bond donors (Lipinski definition) is 2. The maximum Gasteiger partial charge on any atom is 0.240 e. The van der Waals surface area contributed by atoms with Crippen LogP contribution in [0.15, 0.2) is 64.8 Å². The van der Waals surface area contributed by atoms with Gasteiger partial charge in [0.15, 0.2) is 5.17 Å². The van der Waals surface area contributed by atoms with Gasteiger partial charge in [0.1, 0.15) is 5.25 Å². The number of amidine groups is 1. The van der Waals surface area contributed by atoms with Crippen molar-refractivity contribution in [1.29, 1.82) is 0 Å².